The van der Waals surface area contributed by atoms with Gasteiger partial charge in [-0.05, 0) is 24.6 Å². The molecule has 0 aliphatic carbocycles. The number of nitrogens with one attached hydrogen (secondary N) is 1. The van der Waals surface area contributed by atoms with E-state index in [1.54, 1.807) is 6.92 Å². The molecule has 0 spiro atoms. The molecule has 160 valence electrons. The van der Waals surface area contributed by atoms with Gasteiger partial charge in [-0.1, -0.05) is 0 Å². The number of pyridine rings is 1. The predicted octanol–water partition coefficient (Wildman–Crippen LogP) is 1.99. The van der Waals surface area contributed by atoms with E-state index in [4.69, 9.17) is 9.15 Å². The molecule has 0 radical (unpaired) electrons. The van der Waals surface area contributed by atoms with Crippen molar-refractivity contribution in [1.29, 1.82) is 0 Å². The SMILES string of the molecule is COC(=O)c1cncc(NC(=O)Cc2c(C)c3cc(OC)c(O)c(C=O)c3oc2=O)c1. The zero-order valence-corrected chi connectivity index (χ0v) is 16.8. The molecule has 0 bridgehead atoms. The summed E-state index contributed by atoms with van der Waals surface area (Å²) in [6, 6.07) is 2.80. The van der Waals surface area contributed by atoms with E-state index in [0.29, 0.717) is 17.2 Å². The molecule has 3 aromatic rings. The average Bonchev–Trinajstić information content (AvgIpc) is 2.76. The minimum absolute atomic E-state index is 0.0210. The van der Waals surface area contributed by atoms with Crippen LogP contribution in [0.2, 0.25) is 0 Å². The van der Waals surface area contributed by atoms with Crippen LogP contribution < -0.4 is 15.7 Å². The number of esters is 1. The molecule has 10 heteroatoms. The fraction of sp³-hybridized carbons (Fsp3) is 0.190. The summed E-state index contributed by atoms with van der Waals surface area (Å²) in [6.07, 6.45) is 2.64. The molecule has 31 heavy (non-hydrogen) atoms. The van der Waals surface area contributed by atoms with E-state index >= 15 is 0 Å². The number of phenols is 1. The van der Waals surface area contributed by atoms with E-state index in [9.17, 15) is 24.3 Å². The zero-order valence-electron chi connectivity index (χ0n) is 16.8. The minimum atomic E-state index is -0.825. The van der Waals surface area contributed by atoms with Crippen molar-refractivity contribution in [2.75, 3.05) is 19.5 Å². The number of nitrogens with zero attached hydrogens (tertiary/aromatic N) is 1. The molecule has 0 fully saturated rings. The second-order valence-corrected chi connectivity index (χ2v) is 6.51. The van der Waals surface area contributed by atoms with Crippen LogP contribution in [0.15, 0.2) is 33.7 Å². The Morgan fingerprint density at radius 1 is 1.26 bits per heavy atom. The van der Waals surface area contributed by atoms with Gasteiger partial charge in [0.1, 0.15) is 5.56 Å². The molecule has 0 saturated heterocycles. The van der Waals surface area contributed by atoms with Crippen LogP contribution in [0, 0.1) is 6.92 Å². The van der Waals surface area contributed by atoms with Crippen LogP contribution in [-0.2, 0) is 16.0 Å². The highest BCUT2D eigenvalue weighted by Gasteiger charge is 2.21. The van der Waals surface area contributed by atoms with Crippen LogP contribution in [0.3, 0.4) is 0 Å². The number of rotatable bonds is 6. The first-order valence-corrected chi connectivity index (χ1v) is 8.95. The fourth-order valence-electron chi connectivity index (χ4n) is 3.08. The first-order valence-electron chi connectivity index (χ1n) is 8.95. The molecule has 3 rings (SSSR count). The number of amides is 1. The molecular weight excluding hydrogens is 408 g/mol. The van der Waals surface area contributed by atoms with Crippen molar-refractivity contribution >= 4 is 34.8 Å². The summed E-state index contributed by atoms with van der Waals surface area (Å²) in [4.78, 5) is 51.9. The number of anilines is 1. The normalized spacial score (nSPS) is 10.5. The summed E-state index contributed by atoms with van der Waals surface area (Å²) in [5.74, 6) is -1.60. The average molecular weight is 426 g/mol. The highest BCUT2D eigenvalue weighted by atomic mass is 16.5. The number of methoxy groups -OCH3 is 2. The number of benzene rings is 1. The standard InChI is InChI=1S/C21H18N2O8/c1-10-13-5-16(29-2)18(26)15(9-24)19(13)31-21(28)14(10)6-17(25)23-12-4-11(7-22-8-12)20(27)30-3/h4-5,7-9,26H,6H2,1-3H3,(H,23,25). The Morgan fingerprint density at radius 2 is 2.00 bits per heavy atom. The topological polar surface area (TPSA) is 145 Å². The van der Waals surface area contributed by atoms with Gasteiger partial charge in [0.25, 0.3) is 0 Å². The quantitative estimate of drug-likeness (QED) is 0.343. The second kappa shape index (κ2) is 8.66. The summed E-state index contributed by atoms with van der Waals surface area (Å²) >= 11 is 0. The van der Waals surface area contributed by atoms with Crippen LogP contribution in [-0.4, -0.2) is 42.5 Å². The van der Waals surface area contributed by atoms with E-state index in [-0.39, 0.29) is 40.1 Å². The third-order valence-electron chi connectivity index (χ3n) is 4.67. The van der Waals surface area contributed by atoms with Gasteiger partial charge >= 0.3 is 11.6 Å². The number of carbonyl (C=O) groups excluding carboxylic acids is 3. The van der Waals surface area contributed by atoms with Crippen molar-refractivity contribution < 1.29 is 33.4 Å². The summed E-state index contributed by atoms with van der Waals surface area (Å²) in [6.45, 7) is 1.59. The van der Waals surface area contributed by atoms with Crippen LogP contribution in [0.5, 0.6) is 11.5 Å². The Balaban J connectivity index is 1.97. The largest absolute Gasteiger partial charge is 0.504 e. The third-order valence-corrected chi connectivity index (χ3v) is 4.67. The summed E-state index contributed by atoms with van der Waals surface area (Å²) < 4.78 is 14.9. The Hall–Kier alpha value is -4.21. The number of aromatic nitrogens is 1. The van der Waals surface area contributed by atoms with Crippen molar-refractivity contribution in [3.05, 3.63) is 57.2 Å². The molecule has 2 aromatic heterocycles. The number of aldehydes is 1. The Kier molecular flexibility index (Phi) is 6.00. The van der Waals surface area contributed by atoms with Crippen LogP contribution in [0.25, 0.3) is 11.0 Å². The highest BCUT2D eigenvalue weighted by molar-refractivity contribution is 6.01. The van der Waals surface area contributed by atoms with Gasteiger partial charge in [0.05, 0.1) is 43.7 Å². The maximum atomic E-state index is 12.5. The summed E-state index contributed by atoms with van der Waals surface area (Å²) in [5, 5.41) is 13.0. The monoisotopic (exact) mass is 426 g/mol. The Bertz CT molecular complexity index is 1260. The smallest absolute Gasteiger partial charge is 0.340 e. The maximum Gasteiger partial charge on any atom is 0.340 e. The second-order valence-electron chi connectivity index (χ2n) is 6.51. The zero-order chi connectivity index (χ0) is 22.7. The lowest BCUT2D eigenvalue weighted by Gasteiger charge is -2.12. The molecule has 0 aliphatic heterocycles. The Labute approximate surface area is 175 Å². The lowest BCUT2D eigenvalue weighted by Crippen LogP contribution is -2.21. The molecule has 1 aromatic carbocycles. The van der Waals surface area contributed by atoms with Crippen molar-refractivity contribution in [2.45, 2.75) is 13.3 Å². The van der Waals surface area contributed by atoms with Crippen molar-refractivity contribution in [1.82, 2.24) is 4.98 Å². The molecule has 10 nitrogen and oxygen atoms in total. The van der Waals surface area contributed by atoms with Gasteiger partial charge in [-0.3, -0.25) is 14.6 Å². The first-order chi connectivity index (χ1) is 14.8. The lowest BCUT2D eigenvalue weighted by molar-refractivity contribution is -0.115. The van der Waals surface area contributed by atoms with E-state index < -0.39 is 23.3 Å². The van der Waals surface area contributed by atoms with Gasteiger partial charge < -0.3 is 24.3 Å². The van der Waals surface area contributed by atoms with E-state index in [0.717, 1.165) is 0 Å². The van der Waals surface area contributed by atoms with Gasteiger partial charge in [0, 0.05) is 11.6 Å². The molecule has 0 unspecified atom stereocenters. The van der Waals surface area contributed by atoms with Crippen molar-refractivity contribution in [2.24, 2.45) is 0 Å². The summed E-state index contributed by atoms with van der Waals surface area (Å²) in [5.41, 5.74) is -0.308. The third kappa shape index (κ3) is 4.08. The van der Waals surface area contributed by atoms with Gasteiger partial charge in [0.15, 0.2) is 23.4 Å². The van der Waals surface area contributed by atoms with Gasteiger partial charge in [-0.2, -0.15) is 0 Å². The van der Waals surface area contributed by atoms with E-state index in [1.807, 2.05) is 0 Å². The number of aryl methyl sites for hydroxylation is 1. The molecule has 2 heterocycles. The minimum Gasteiger partial charge on any atom is -0.504 e. The first kappa shape index (κ1) is 21.5. The number of aromatic hydroxyl groups is 1. The number of fused-ring (bicyclic) bond motifs is 1. The van der Waals surface area contributed by atoms with Crippen molar-refractivity contribution in [3.8, 4) is 11.5 Å². The molecule has 1 amide bonds. The van der Waals surface area contributed by atoms with Crippen LogP contribution in [0.4, 0.5) is 5.69 Å². The number of hydrogen-bond donors (Lipinski definition) is 2. The van der Waals surface area contributed by atoms with Crippen molar-refractivity contribution in [3.63, 3.8) is 0 Å². The van der Waals surface area contributed by atoms with E-state index in [1.165, 1.54) is 38.7 Å². The number of hydrogen-bond acceptors (Lipinski definition) is 9. The lowest BCUT2D eigenvalue weighted by atomic mass is 10.0. The van der Waals surface area contributed by atoms with Gasteiger partial charge in [-0.25, -0.2) is 9.59 Å². The fourth-order valence-corrected chi connectivity index (χ4v) is 3.08. The van der Waals surface area contributed by atoms with Crippen LogP contribution in [0.1, 0.15) is 31.8 Å². The summed E-state index contributed by atoms with van der Waals surface area (Å²) in [7, 11) is 2.54. The number of ether oxygens (including phenoxy) is 2. The van der Waals surface area contributed by atoms with Gasteiger partial charge in [-0.15, -0.1) is 0 Å². The number of carbonyl (C=O) groups is 3. The molecule has 0 aliphatic rings. The molecule has 2 N–H and O–H groups in total. The molecule has 0 atom stereocenters. The van der Waals surface area contributed by atoms with E-state index in [2.05, 4.69) is 15.0 Å². The predicted molar refractivity (Wildman–Crippen MR) is 109 cm³/mol. The molecule has 0 saturated carbocycles. The van der Waals surface area contributed by atoms with Crippen LogP contribution >= 0.6 is 0 Å². The van der Waals surface area contributed by atoms with Gasteiger partial charge in [0.2, 0.25) is 5.91 Å². The highest BCUT2D eigenvalue weighted by Crippen LogP contribution is 2.36. The maximum absolute atomic E-state index is 12.5. The molecular formula is C21H18N2O8. The number of phenolic OH excluding ortho intramolecular Hbond substituents is 1. The Morgan fingerprint density at radius 3 is 2.65 bits per heavy atom.